The van der Waals surface area contributed by atoms with Crippen molar-refractivity contribution in [2.75, 3.05) is 5.75 Å². The summed E-state index contributed by atoms with van der Waals surface area (Å²) in [5.41, 5.74) is 5.34. The van der Waals surface area contributed by atoms with Gasteiger partial charge in [-0.1, -0.05) is 6.07 Å². The predicted molar refractivity (Wildman–Crippen MR) is 53.8 cm³/mol. The van der Waals surface area contributed by atoms with E-state index in [4.69, 9.17) is 5.73 Å². The maximum Gasteiger partial charge on any atom is 0.387 e. The third-order valence-electron chi connectivity index (χ3n) is 1.88. The molecule has 0 spiro atoms. The molecule has 0 radical (unpaired) electrons. The summed E-state index contributed by atoms with van der Waals surface area (Å²) in [6.45, 7) is -3.30. The number of halogens is 4. The van der Waals surface area contributed by atoms with E-state index in [0.29, 0.717) is 0 Å². The summed E-state index contributed by atoms with van der Waals surface area (Å²) in [5.74, 6) is -3.45. The first-order chi connectivity index (χ1) is 7.47. The smallest absolute Gasteiger partial charge is 0.387 e. The van der Waals surface area contributed by atoms with Crippen LogP contribution in [0.3, 0.4) is 0 Å². The fourth-order valence-electron chi connectivity index (χ4n) is 1.13. The molecule has 0 aromatic heterocycles. The Kier molecular flexibility index (Phi) is 4.43. The molecule has 0 fully saturated rings. The molecule has 0 amide bonds. The Hall–Kier alpha value is -0.950. The zero-order valence-electron chi connectivity index (χ0n) is 7.96. The molecule has 90 valence electrons. The first-order valence-electron chi connectivity index (χ1n) is 4.26. The van der Waals surface area contributed by atoms with Crippen LogP contribution in [0.15, 0.2) is 12.1 Å². The molecule has 0 heterocycles. The molecule has 1 unspecified atom stereocenters. The van der Waals surface area contributed by atoms with Crippen LogP contribution in [0.25, 0.3) is 0 Å². The van der Waals surface area contributed by atoms with E-state index in [-0.39, 0.29) is 11.3 Å². The van der Waals surface area contributed by atoms with E-state index in [0.717, 1.165) is 12.1 Å². The van der Waals surface area contributed by atoms with Gasteiger partial charge in [0, 0.05) is 17.4 Å². The molecule has 0 saturated carbocycles. The number of rotatable bonds is 4. The van der Waals surface area contributed by atoms with E-state index >= 15 is 0 Å². The first-order valence-corrected chi connectivity index (χ1v) is 4.89. The van der Waals surface area contributed by atoms with Gasteiger partial charge in [-0.05, 0) is 6.07 Å². The SMILES string of the molecule is NC(CS)c1ccc(F)c(OC(F)F)c1F. The van der Waals surface area contributed by atoms with Crippen LogP contribution in [0.1, 0.15) is 11.6 Å². The van der Waals surface area contributed by atoms with Gasteiger partial charge in [0.05, 0.1) is 0 Å². The molecule has 1 atom stereocenters. The standard InChI is InChI=1S/C9H9F4NOS/c10-5-2-1-4(6(14)3-16)7(11)8(5)15-9(12)13/h1-2,6,9,16H,3,14H2. The summed E-state index contributed by atoms with van der Waals surface area (Å²) < 4.78 is 54.1. The molecule has 0 aliphatic heterocycles. The van der Waals surface area contributed by atoms with Crippen molar-refractivity contribution in [1.82, 2.24) is 0 Å². The van der Waals surface area contributed by atoms with Crippen LogP contribution in [0, 0.1) is 11.6 Å². The monoisotopic (exact) mass is 255 g/mol. The highest BCUT2D eigenvalue weighted by Crippen LogP contribution is 2.29. The Morgan fingerprint density at radius 3 is 2.44 bits per heavy atom. The van der Waals surface area contributed by atoms with Crippen molar-refractivity contribution in [2.45, 2.75) is 12.7 Å². The minimum atomic E-state index is -3.30. The fraction of sp³-hybridized carbons (Fsp3) is 0.333. The Morgan fingerprint density at radius 1 is 1.31 bits per heavy atom. The van der Waals surface area contributed by atoms with E-state index in [1.54, 1.807) is 0 Å². The summed E-state index contributed by atoms with van der Waals surface area (Å²) in [5, 5.41) is 0. The van der Waals surface area contributed by atoms with Crippen LogP contribution < -0.4 is 10.5 Å². The van der Waals surface area contributed by atoms with Crippen LogP contribution in [-0.2, 0) is 0 Å². The number of thiol groups is 1. The molecule has 16 heavy (non-hydrogen) atoms. The van der Waals surface area contributed by atoms with Gasteiger partial charge < -0.3 is 10.5 Å². The van der Waals surface area contributed by atoms with Crippen LogP contribution in [-0.4, -0.2) is 12.4 Å². The quantitative estimate of drug-likeness (QED) is 0.640. The van der Waals surface area contributed by atoms with Gasteiger partial charge in [0.1, 0.15) is 0 Å². The Labute approximate surface area is 94.8 Å². The van der Waals surface area contributed by atoms with Crippen molar-refractivity contribution in [2.24, 2.45) is 5.73 Å². The lowest BCUT2D eigenvalue weighted by atomic mass is 10.1. The van der Waals surface area contributed by atoms with Crippen molar-refractivity contribution in [3.63, 3.8) is 0 Å². The molecule has 1 aromatic rings. The Bertz CT molecular complexity index is 375. The molecule has 0 aliphatic rings. The number of alkyl halides is 2. The maximum absolute atomic E-state index is 13.5. The number of benzene rings is 1. The molecule has 2 N–H and O–H groups in total. The third-order valence-corrected chi connectivity index (χ3v) is 2.28. The van der Waals surface area contributed by atoms with Gasteiger partial charge in [0.15, 0.2) is 17.4 Å². The number of hydrogen-bond acceptors (Lipinski definition) is 3. The normalized spacial score (nSPS) is 12.9. The lowest BCUT2D eigenvalue weighted by molar-refractivity contribution is -0.0547. The maximum atomic E-state index is 13.5. The van der Waals surface area contributed by atoms with Crippen LogP contribution in [0.2, 0.25) is 0 Å². The number of hydrogen-bond donors (Lipinski definition) is 2. The highest BCUT2D eigenvalue weighted by molar-refractivity contribution is 7.80. The van der Waals surface area contributed by atoms with Crippen LogP contribution in [0.5, 0.6) is 5.75 Å². The summed E-state index contributed by atoms with van der Waals surface area (Å²) in [4.78, 5) is 0. The average Bonchev–Trinajstić information content (AvgIpc) is 2.23. The van der Waals surface area contributed by atoms with Gasteiger partial charge in [-0.25, -0.2) is 8.78 Å². The largest absolute Gasteiger partial charge is 0.429 e. The molecular weight excluding hydrogens is 246 g/mol. The van der Waals surface area contributed by atoms with E-state index in [1.807, 2.05) is 0 Å². The minimum Gasteiger partial charge on any atom is -0.429 e. The van der Waals surface area contributed by atoms with E-state index in [2.05, 4.69) is 17.4 Å². The highest BCUT2D eigenvalue weighted by Gasteiger charge is 2.21. The summed E-state index contributed by atoms with van der Waals surface area (Å²) in [7, 11) is 0. The lowest BCUT2D eigenvalue weighted by Gasteiger charge is -2.13. The van der Waals surface area contributed by atoms with Crippen molar-refractivity contribution >= 4 is 12.6 Å². The number of nitrogens with two attached hydrogens (primary N) is 1. The third kappa shape index (κ3) is 2.79. The van der Waals surface area contributed by atoms with E-state index < -0.39 is 30.0 Å². The Balaban J connectivity index is 3.16. The zero-order valence-corrected chi connectivity index (χ0v) is 8.86. The fourth-order valence-corrected chi connectivity index (χ4v) is 1.33. The lowest BCUT2D eigenvalue weighted by Crippen LogP contribution is -2.15. The van der Waals surface area contributed by atoms with Gasteiger partial charge >= 0.3 is 6.61 Å². The van der Waals surface area contributed by atoms with Crippen LogP contribution >= 0.6 is 12.6 Å². The second kappa shape index (κ2) is 5.40. The summed E-state index contributed by atoms with van der Waals surface area (Å²) >= 11 is 3.83. The van der Waals surface area contributed by atoms with Gasteiger partial charge in [0.2, 0.25) is 0 Å². The van der Waals surface area contributed by atoms with Crippen molar-refractivity contribution < 1.29 is 22.3 Å². The second-order valence-corrected chi connectivity index (χ2v) is 3.31. The zero-order chi connectivity index (χ0) is 12.3. The molecule has 7 heteroatoms. The predicted octanol–water partition coefficient (Wildman–Crippen LogP) is 2.50. The first kappa shape index (κ1) is 13.1. The van der Waals surface area contributed by atoms with Crippen molar-refractivity contribution in [3.05, 3.63) is 29.3 Å². The average molecular weight is 255 g/mol. The topological polar surface area (TPSA) is 35.2 Å². The van der Waals surface area contributed by atoms with Crippen molar-refractivity contribution in [3.8, 4) is 5.75 Å². The van der Waals surface area contributed by atoms with E-state index in [9.17, 15) is 17.6 Å². The van der Waals surface area contributed by atoms with E-state index in [1.165, 1.54) is 0 Å². The molecule has 1 rings (SSSR count). The summed E-state index contributed by atoms with van der Waals surface area (Å²) in [6.07, 6.45) is 0. The number of ether oxygens (including phenoxy) is 1. The molecule has 2 nitrogen and oxygen atoms in total. The summed E-state index contributed by atoms with van der Waals surface area (Å²) in [6, 6.07) is 1.08. The van der Waals surface area contributed by atoms with Gasteiger partial charge in [0.25, 0.3) is 0 Å². The van der Waals surface area contributed by atoms with Gasteiger partial charge in [-0.3, -0.25) is 0 Å². The molecular formula is C9H9F4NOS. The molecule has 0 saturated heterocycles. The highest BCUT2D eigenvalue weighted by atomic mass is 32.1. The van der Waals surface area contributed by atoms with Crippen molar-refractivity contribution in [1.29, 1.82) is 0 Å². The molecule has 0 bridgehead atoms. The molecule has 1 aromatic carbocycles. The minimum absolute atomic E-state index is 0.0939. The van der Waals surface area contributed by atoms with Crippen LogP contribution in [0.4, 0.5) is 17.6 Å². The second-order valence-electron chi connectivity index (χ2n) is 2.95. The molecule has 0 aliphatic carbocycles. The van der Waals surface area contributed by atoms with Gasteiger partial charge in [-0.15, -0.1) is 0 Å². The Morgan fingerprint density at radius 2 is 1.94 bits per heavy atom. The van der Waals surface area contributed by atoms with Gasteiger partial charge in [-0.2, -0.15) is 21.4 Å².